The fraction of sp³-hybridized carbons (Fsp3) is 0.333. The Kier molecular flexibility index (Phi) is 6.64. The summed E-state index contributed by atoms with van der Waals surface area (Å²) >= 11 is 0. The maximum Gasteiger partial charge on any atom is 0.387 e. The molecule has 1 aliphatic rings. The van der Waals surface area contributed by atoms with Crippen molar-refractivity contribution in [3.05, 3.63) is 53.6 Å². The average molecular weight is 404 g/mol. The highest BCUT2D eigenvalue weighted by molar-refractivity contribution is 5.97. The summed E-state index contributed by atoms with van der Waals surface area (Å²) in [7, 11) is 1.37. The third-order valence-corrected chi connectivity index (χ3v) is 4.66. The summed E-state index contributed by atoms with van der Waals surface area (Å²) in [5, 5.41) is 2.82. The molecule has 1 saturated heterocycles. The van der Waals surface area contributed by atoms with Crippen LogP contribution in [0.25, 0.3) is 0 Å². The van der Waals surface area contributed by atoms with Gasteiger partial charge in [0.25, 0.3) is 5.91 Å². The smallest absolute Gasteiger partial charge is 0.387 e. The van der Waals surface area contributed by atoms with Crippen molar-refractivity contribution >= 4 is 17.5 Å². The van der Waals surface area contributed by atoms with Crippen molar-refractivity contribution in [3.63, 3.8) is 0 Å². The topological polar surface area (TPSA) is 67.9 Å². The minimum Gasteiger partial charge on any atom is -0.493 e. The number of nitrogens with zero attached hydrogens (tertiary/aromatic N) is 1. The predicted octanol–water partition coefficient (Wildman–Crippen LogP) is 3.40. The summed E-state index contributed by atoms with van der Waals surface area (Å²) in [5.74, 6) is 0.0459. The number of nitrogens with one attached hydrogen (secondary N) is 1. The second-order valence-electron chi connectivity index (χ2n) is 6.57. The van der Waals surface area contributed by atoms with Gasteiger partial charge in [0.1, 0.15) is 0 Å². The van der Waals surface area contributed by atoms with E-state index in [1.54, 1.807) is 41.3 Å². The number of benzene rings is 2. The molecule has 0 saturated carbocycles. The van der Waals surface area contributed by atoms with E-state index < -0.39 is 6.61 Å². The van der Waals surface area contributed by atoms with E-state index in [-0.39, 0.29) is 23.3 Å². The number of carbonyl (C=O) groups is 2. The minimum absolute atomic E-state index is 0.0353. The Morgan fingerprint density at radius 3 is 2.55 bits per heavy atom. The maximum absolute atomic E-state index is 12.4. The Balaban J connectivity index is 1.53. The normalized spacial score (nSPS) is 13.7. The van der Waals surface area contributed by atoms with Crippen molar-refractivity contribution in [1.29, 1.82) is 0 Å². The summed E-state index contributed by atoms with van der Waals surface area (Å²) < 4.78 is 34.2. The van der Waals surface area contributed by atoms with E-state index in [1.807, 2.05) is 0 Å². The van der Waals surface area contributed by atoms with Gasteiger partial charge in [-0.05, 0) is 54.8 Å². The van der Waals surface area contributed by atoms with Crippen LogP contribution in [0.5, 0.6) is 11.5 Å². The lowest BCUT2D eigenvalue weighted by molar-refractivity contribution is -0.117. The summed E-state index contributed by atoms with van der Waals surface area (Å²) in [4.78, 5) is 25.8. The summed E-state index contributed by atoms with van der Waals surface area (Å²) in [6, 6.07) is 11.6. The number of anilines is 1. The lowest BCUT2D eigenvalue weighted by Gasteiger charge is -2.16. The van der Waals surface area contributed by atoms with Crippen LogP contribution in [0.1, 0.15) is 28.8 Å². The first-order valence-corrected chi connectivity index (χ1v) is 9.28. The van der Waals surface area contributed by atoms with Crippen molar-refractivity contribution in [2.24, 2.45) is 0 Å². The zero-order valence-corrected chi connectivity index (χ0v) is 16.0. The summed E-state index contributed by atoms with van der Waals surface area (Å²) in [5.41, 5.74) is 2.10. The average Bonchev–Trinajstić information content (AvgIpc) is 3.14. The predicted molar refractivity (Wildman–Crippen MR) is 104 cm³/mol. The second-order valence-corrected chi connectivity index (χ2v) is 6.57. The standard InChI is InChI=1S/C21H22F2N2O4/c1-28-18-13-14(4-9-17(18)29-21(22)23)10-11-24-20(27)15-5-7-16(8-6-15)25-12-2-3-19(25)26/h4-9,13,21H,2-3,10-12H2,1H3,(H,24,27). The molecule has 0 atom stereocenters. The zero-order chi connectivity index (χ0) is 20.8. The molecule has 29 heavy (non-hydrogen) atoms. The molecule has 6 nitrogen and oxygen atoms in total. The molecule has 2 aromatic carbocycles. The van der Waals surface area contributed by atoms with Gasteiger partial charge < -0.3 is 19.7 Å². The summed E-state index contributed by atoms with van der Waals surface area (Å²) in [6.45, 7) is -1.86. The zero-order valence-electron chi connectivity index (χ0n) is 16.0. The van der Waals surface area contributed by atoms with Crippen LogP contribution in [0.15, 0.2) is 42.5 Å². The van der Waals surface area contributed by atoms with Gasteiger partial charge in [0.05, 0.1) is 7.11 Å². The molecule has 0 aliphatic carbocycles. The molecule has 2 aromatic rings. The molecule has 0 radical (unpaired) electrons. The van der Waals surface area contributed by atoms with Crippen LogP contribution < -0.4 is 19.7 Å². The molecule has 0 spiro atoms. The van der Waals surface area contributed by atoms with Gasteiger partial charge in [0.15, 0.2) is 11.5 Å². The van der Waals surface area contributed by atoms with Crippen LogP contribution >= 0.6 is 0 Å². The molecule has 1 aliphatic heterocycles. The third-order valence-electron chi connectivity index (χ3n) is 4.66. The Bertz CT molecular complexity index is 871. The van der Waals surface area contributed by atoms with Crippen LogP contribution in [0.3, 0.4) is 0 Å². The number of carbonyl (C=O) groups excluding carboxylic acids is 2. The van der Waals surface area contributed by atoms with Gasteiger partial charge >= 0.3 is 6.61 Å². The molecule has 0 aromatic heterocycles. The van der Waals surface area contributed by atoms with Crippen LogP contribution in [-0.4, -0.2) is 38.6 Å². The molecule has 1 fully saturated rings. The first kappa shape index (κ1) is 20.6. The van der Waals surface area contributed by atoms with Gasteiger partial charge in [-0.1, -0.05) is 6.07 Å². The third kappa shape index (κ3) is 5.22. The molecule has 1 heterocycles. The molecule has 2 amide bonds. The number of rotatable bonds is 8. The number of hydrogen-bond acceptors (Lipinski definition) is 4. The lowest BCUT2D eigenvalue weighted by Crippen LogP contribution is -2.26. The maximum atomic E-state index is 12.4. The van der Waals surface area contributed by atoms with Crippen molar-refractivity contribution in [3.8, 4) is 11.5 Å². The highest BCUT2D eigenvalue weighted by atomic mass is 19.3. The molecule has 0 bridgehead atoms. The van der Waals surface area contributed by atoms with Crippen LogP contribution in [0, 0.1) is 0 Å². The highest BCUT2D eigenvalue weighted by Gasteiger charge is 2.21. The molecular weight excluding hydrogens is 382 g/mol. The van der Waals surface area contributed by atoms with E-state index in [2.05, 4.69) is 10.1 Å². The number of alkyl halides is 2. The number of methoxy groups -OCH3 is 1. The Morgan fingerprint density at radius 2 is 1.93 bits per heavy atom. The SMILES string of the molecule is COc1cc(CCNC(=O)c2ccc(N3CCCC3=O)cc2)ccc1OC(F)F. The van der Waals surface area contributed by atoms with Crippen molar-refractivity contribution in [2.45, 2.75) is 25.9 Å². The number of amides is 2. The second kappa shape index (κ2) is 9.36. The van der Waals surface area contributed by atoms with Gasteiger partial charge in [-0.15, -0.1) is 0 Å². The molecule has 3 rings (SSSR count). The van der Waals surface area contributed by atoms with Gasteiger partial charge in [0, 0.05) is 30.8 Å². The molecule has 1 N–H and O–H groups in total. The van der Waals surface area contributed by atoms with Gasteiger partial charge in [0.2, 0.25) is 5.91 Å². The molecular formula is C21H22F2N2O4. The minimum atomic E-state index is -2.93. The Hall–Kier alpha value is -3.16. The Morgan fingerprint density at radius 1 is 1.17 bits per heavy atom. The van der Waals surface area contributed by atoms with Gasteiger partial charge in [-0.3, -0.25) is 9.59 Å². The molecule has 0 unspecified atom stereocenters. The van der Waals surface area contributed by atoms with E-state index >= 15 is 0 Å². The monoisotopic (exact) mass is 404 g/mol. The van der Waals surface area contributed by atoms with Crippen LogP contribution in [-0.2, 0) is 11.2 Å². The summed E-state index contributed by atoms with van der Waals surface area (Å²) in [6.07, 6.45) is 1.90. The van der Waals surface area contributed by atoms with Crippen LogP contribution in [0.2, 0.25) is 0 Å². The molecule has 8 heteroatoms. The highest BCUT2D eigenvalue weighted by Crippen LogP contribution is 2.29. The van der Waals surface area contributed by atoms with E-state index in [0.29, 0.717) is 31.5 Å². The first-order valence-electron chi connectivity index (χ1n) is 9.28. The van der Waals surface area contributed by atoms with Gasteiger partial charge in [-0.25, -0.2) is 0 Å². The fourth-order valence-electron chi connectivity index (χ4n) is 3.20. The number of ether oxygens (including phenoxy) is 2. The Labute approximate surface area is 167 Å². The van der Waals surface area contributed by atoms with E-state index in [0.717, 1.165) is 17.7 Å². The van der Waals surface area contributed by atoms with Crippen molar-refractivity contribution in [2.75, 3.05) is 25.1 Å². The van der Waals surface area contributed by atoms with Crippen molar-refractivity contribution < 1.29 is 27.8 Å². The fourth-order valence-corrected chi connectivity index (χ4v) is 3.20. The number of hydrogen-bond donors (Lipinski definition) is 1. The van der Waals surface area contributed by atoms with Crippen LogP contribution in [0.4, 0.5) is 14.5 Å². The lowest BCUT2D eigenvalue weighted by atomic mass is 10.1. The quantitative estimate of drug-likeness (QED) is 0.732. The van der Waals surface area contributed by atoms with E-state index in [9.17, 15) is 18.4 Å². The van der Waals surface area contributed by atoms with Gasteiger partial charge in [-0.2, -0.15) is 8.78 Å². The van der Waals surface area contributed by atoms with E-state index in [4.69, 9.17) is 4.74 Å². The largest absolute Gasteiger partial charge is 0.493 e. The van der Waals surface area contributed by atoms with E-state index in [1.165, 1.54) is 13.2 Å². The number of halogens is 2. The first-order chi connectivity index (χ1) is 14.0. The van der Waals surface area contributed by atoms with Crippen molar-refractivity contribution in [1.82, 2.24) is 5.32 Å². The molecule has 154 valence electrons.